The second-order valence-electron chi connectivity index (χ2n) is 5.15. The number of ether oxygens (including phenoxy) is 3. The van der Waals surface area contributed by atoms with Crippen LogP contribution in [0.1, 0.15) is 32.1 Å². The molecule has 2 bridgehead atoms. The highest BCUT2D eigenvalue weighted by Gasteiger charge is 2.58. The molecular weight excluding hydrogens is 222 g/mol. The normalized spacial score (nSPS) is 48.5. The molecular formula is C12H17NO4. The van der Waals surface area contributed by atoms with Crippen molar-refractivity contribution < 1.29 is 19.3 Å². The van der Waals surface area contributed by atoms with E-state index in [0.717, 1.165) is 19.3 Å². The van der Waals surface area contributed by atoms with Crippen molar-refractivity contribution in [1.82, 2.24) is 0 Å². The van der Waals surface area contributed by atoms with Gasteiger partial charge in [0.15, 0.2) is 6.29 Å². The van der Waals surface area contributed by atoms with Crippen LogP contribution in [-0.2, 0) is 14.2 Å². The van der Waals surface area contributed by atoms with Crippen LogP contribution in [0.3, 0.4) is 0 Å². The molecule has 0 aliphatic carbocycles. The second-order valence-corrected chi connectivity index (χ2v) is 5.15. The molecule has 0 aromatic rings. The first-order chi connectivity index (χ1) is 8.23. The molecule has 3 rings (SSSR count). The Morgan fingerprint density at radius 3 is 3.12 bits per heavy atom. The number of nitriles is 1. The zero-order valence-electron chi connectivity index (χ0n) is 9.67. The molecule has 3 saturated heterocycles. The van der Waals surface area contributed by atoms with E-state index in [1.807, 2.05) is 0 Å². The number of hydrogen-bond donors (Lipinski definition) is 1. The summed E-state index contributed by atoms with van der Waals surface area (Å²) in [6.45, 7) is 0.401. The number of hydrogen-bond acceptors (Lipinski definition) is 5. The van der Waals surface area contributed by atoms with E-state index in [9.17, 15) is 5.11 Å². The third-order valence-electron chi connectivity index (χ3n) is 4.02. The van der Waals surface area contributed by atoms with Crippen LogP contribution < -0.4 is 0 Å². The van der Waals surface area contributed by atoms with Crippen molar-refractivity contribution in [2.24, 2.45) is 0 Å². The summed E-state index contributed by atoms with van der Waals surface area (Å²) >= 11 is 0. The van der Waals surface area contributed by atoms with E-state index in [1.54, 1.807) is 0 Å². The quantitative estimate of drug-likeness (QED) is 0.768. The van der Waals surface area contributed by atoms with Gasteiger partial charge in [-0.15, -0.1) is 0 Å². The maximum absolute atomic E-state index is 9.60. The molecule has 5 nitrogen and oxygen atoms in total. The molecule has 3 fully saturated rings. The smallest absolute Gasteiger partial charge is 0.181 e. The van der Waals surface area contributed by atoms with E-state index < -0.39 is 6.29 Å². The molecule has 1 spiro atoms. The summed E-state index contributed by atoms with van der Waals surface area (Å²) in [5.74, 6) is 0. The van der Waals surface area contributed by atoms with Crippen molar-refractivity contribution in [3.8, 4) is 6.07 Å². The minimum absolute atomic E-state index is 0.0444. The molecule has 0 radical (unpaired) electrons. The highest BCUT2D eigenvalue weighted by atomic mass is 16.7. The van der Waals surface area contributed by atoms with Gasteiger partial charge in [-0.1, -0.05) is 0 Å². The van der Waals surface area contributed by atoms with Crippen molar-refractivity contribution in [2.45, 2.75) is 62.3 Å². The monoisotopic (exact) mass is 239 g/mol. The fourth-order valence-corrected chi connectivity index (χ4v) is 3.15. The Labute approximate surface area is 100 Å². The predicted octanol–water partition coefficient (Wildman–Crippen LogP) is 0.714. The molecule has 0 aromatic heterocycles. The Morgan fingerprint density at radius 1 is 1.41 bits per heavy atom. The lowest BCUT2D eigenvalue weighted by atomic mass is 9.85. The van der Waals surface area contributed by atoms with E-state index in [2.05, 4.69) is 6.07 Å². The lowest BCUT2D eigenvalue weighted by molar-refractivity contribution is -0.222. The van der Waals surface area contributed by atoms with E-state index in [-0.39, 0.29) is 23.9 Å². The van der Waals surface area contributed by atoms with E-state index in [1.165, 1.54) is 0 Å². The molecule has 17 heavy (non-hydrogen) atoms. The zero-order chi connectivity index (χ0) is 11.9. The Balaban J connectivity index is 1.70. The maximum atomic E-state index is 9.60. The van der Waals surface area contributed by atoms with Crippen molar-refractivity contribution in [3.05, 3.63) is 0 Å². The first kappa shape index (κ1) is 11.4. The molecule has 94 valence electrons. The number of rotatable bonds is 2. The minimum atomic E-state index is -0.813. The predicted molar refractivity (Wildman–Crippen MR) is 56.9 cm³/mol. The molecule has 0 amide bonds. The molecule has 2 unspecified atom stereocenters. The van der Waals surface area contributed by atoms with Gasteiger partial charge in [-0.3, -0.25) is 0 Å². The summed E-state index contributed by atoms with van der Waals surface area (Å²) in [5, 5.41) is 18.2. The van der Waals surface area contributed by atoms with Crippen LogP contribution in [0.5, 0.6) is 0 Å². The number of nitrogens with zero attached hydrogens (tertiary/aromatic N) is 1. The topological polar surface area (TPSA) is 71.7 Å². The molecule has 5 heteroatoms. The van der Waals surface area contributed by atoms with Crippen LogP contribution in [0.4, 0.5) is 0 Å². The van der Waals surface area contributed by atoms with Gasteiger partial charge in [-0.25, -0.2) is 0 Å². The number of aliphatic hydroxyl groups is 1. The van der Waals surface area contributed by atoms with Crippen LogP contribution >= 0.6 is 0 Å². The first-order valence-corrected chi connectivity index (χ1v) is 6.23. The fraction of sp³-hybridized carbons (Fsp3) is 0.917. The summed E-state index contributed by atoms with van der Waals surface area (Å²) in [5.41, 5.74) is -0.373. The van der Waals surface area contributed by atoms with Gasteiger partial charge >= 0.3 is 0 Å². The molecule has 5 atom stereocenters. The third kappa shape index (κ3) is 1.85. The first-order valence-electron chi connectivity index (χ1n) is 6.23. The maximum Gasteiger partial charge on any atom is 0.181 e. The van der Waals surface area contributed by atoms with Crippen LogP contribution in [0.25, 0.3) is 0 Å². The van der Waals surface area contributed by atoms with Crippen LogP contribution in [-0.4, -0.2) is 41.9 Å². The standard InChI is InChI=1S/C12H17NO4/c13-5-1-2-8-3-4-10-12(17-8)6-9(16-10)11(14)15-7-12/h8-11,14H,1-4,6-7H2/t8?,9-,10+,11-,12?/m1/s1. The Hall–Kier alpha value is -0.670. The van der Waals surface area contributed by atoms with Crippen LogP contribution in [0.15, 0.2) is 0 Å². The zero-order valence-corrected chi connectivity index (χ0v) is 9.67. The second kappa shape index (κ2) is 4.21. The largest absolute Gasteiger partial charge is 0.366 e. The van der Waals surface area contributed by atoms with Gasteiger partial charge < -0.3 is 19.3 Å². The van der Waals surface area contributed by atoms with E-state index in [0.29, 0.717) is 19.4 Å². The van der Waals surface area contributed by atoms with Gasteiger partial charge in [-0.2, -0.15) is 5.26 Å². The minimum Gasteiger partial charge on any atom is -0.366 e. The van der Waals surface area contributed by atoms with Gasteiger partial charge in [0.05, 0.1) is 24.9 Å². The van der Waals surface area contributed by atoms with Crippen molar-refractivity contribution >= 4 is 0 Å². The van der Waals surface area contributed by atoms with Gasteiger partial charge in [-0.05, 0) is 19.3 Å². The summed E-state index contributed by atoms with van der Waals surface area (Å²) in [4.78, 5) is 0. The molecule has 3 aliphatic rings. The average molecular weight is 239 g/mol. The van der Waals surface area contributed by atoms with Gasteiger partial charge in [0.2, 0.25) is 0 Å². The highest BCUT2D eigenvalue weighted by molar-refractivity contribution is 5.04. The summed E-state index contributed by atoms with van der Waals surface area (Å²) in [7, 11) is 0. The van der Waals surface area contributed by atoms with E-state index >= 15 is 0 Å². The van der Waals surface area contributed by atoms with Gasteiger partial charge in [0.25, 0.3) is 0 Å². The third-order valence-corrected chi connectivity index (χ3v) is 4.02. The van der Waals surface area contributed by atoms with Gasteiger partial charge in [0, 0.05) is 12.8 Å². The Morgan fingerprint density at radius 2 is 2.29 bits per heavy atom. The van der Waals surface area contributed by atoms with Crippen molar-refractivity contribution in [3.63, 3.8) is 0 Å². The Kier molecular flexibility index (Phi) is 2.83. The SMILES string of the molecule is N#CCCC1CC[C@@H]2O[C@@H]3CC2(CO[C@H]3O)O1. The Bertz CT molecular complexity index is 342. The van der Waals surface area contributed by atoms with E-state index in [4.69, 9.17) is 19.5 Å². The average Bonchev–Trinajstić information content (AvgIpc) is 2.66. The van der Waals surface area contributed by atoms with Crippen molar-refractivity contribution in [1.29, 1.82) is 5.26 Å². The van der Waals surface area contributed by atoms with Crippen molar-refractivity contribution in [2.75, 3.05) is 6.61 Å². The number of aliphatic hydroxyl groups excluding tert-OH is 1. The summed E-state index contributed by atoms with van der Waals surface area (Å²) in [6, 6.07) is 2.15. The molecule has 3 aliphatic heterocycles. The lowest BCUT2D eigenvalue weighted by Crippen LogP contribution is -2.53. The molecule has 0 aromatic carbocycles. The molecule has 0 saturated carbocycles. The number of fused-ring (bicyclic) bond motifs is 1. The van der Waals surface area contributed by atoms with Gasteiger partial charge in [0.1, 0.15) is 11.7 Å². The summed E-state index contributed by atoms with van der Waals surface area (Å²) in [6.07, 6.45) is 2.99. The molecule has 3 heterocycles. The van der Waals surface area contributed by atoms with Crippen LogP contribution in [0.2, 0.25) is 0 Å². The highest BCUT2D eigenvalue weighted by Crippen LogP contribution is 2.46. The van der Waals surface area contributed by atoms with Crippen LogP contribution in [0, 0.1) is 11.3 Å². The lowest BCUT2D eigenvalue weighted by Gasteiger charge is -2.42. The fourth-order valence-electron chi connectivity index (χ4n) is 3.15. The summed E-state index contributed by atoms with van der Waals surface area (Å²) < 4.78 is 17.2. The molecule has 1 N–H and O–H groups in total.